The summed E-state index contributed by atoms with van der Waals surface area (Å²) in [6.07, 6.45) is 8.15. The molecule has 2 aromatic rings. The highest BCUT2D eigenvalue weighted by molar-refractivity contribution is 5.30. The quantitative estimate of drug-likeness (QED) is 0.840. The van der Waals surface area contributed by atoms with E-state index in [1.807, 2.05) is 24.7 Å². The van der Waals surface area contributed by atoms with Crippen molar-refractivity contribution < 1.29 is 4.74 Å². The van der Waals surface area contributed by atoms with Gasteiger partial charge in [-0.3, -0.25) is 9.88 Å². The summed E-state index contributed by atoms with van der Waals surface area (Å²) in [5.74, 6) is 1.37. The number of likely N-dealkylation sites (tertiary alicyclic amines) is 1. The molecule has 0 bridgehead atoms. The van der Waals surface area contributed by atoms with Crippen molar-refractivity contribution in [3.05, 3.63) is 48.0 Å². The van der Waals surface area contributed by atoms with Gasteiger partial charge in [-0.2, -0.15) is 0 Å². The number of rotatable bonds is 4. The van der Waals surface area contributed by atoms with Crippen LogP contribution < -0.4 is 4.90 Å². The van der Waals surface area contributed by atoms with Crippen LogP contribution in [0.2, 0.25) is 0 Å². The third-order valence-corrected chi connectivity index (χ3v) is 5.42. The average molecular weight is 353 g/mol. The van der Waals surface area contributed by atoms with Gasteiger partial charge in [0.1, 0.15) is 0 Å². The summed E-state index contributed by atoms with van der Waals surface area (Å²) < 4.78 is 6.21. The summed E-state index contributed by atoms with van der Waals surface area (Å²) in [6.45, 7) is 7.67. The number of fused-ring (bicyclic) bond motifs is 1. The molecular formula is C20H27N5O. The molecule has 0 aromatic carbocycles. The molecule has 0 amide bonds. The van der Waals surface area contributed by atoms with Gasteiger partial charge in [-0.1, -0.05) is 13.0 Å². The Morgan fingerprint density at radius 3 is 2.77 bits per heavy atom. The normalized spacial score (nSPS) is 24.1. The monoisotopic (exact) mass is 353 g/mol. The van der Waals surface area contributed by atoms with Crippen LogP contribution in [0.25, 0.3) is 0 Å². The molecule has 0 radical (unpaired) electrons. The number of hydrogen-bond acceptors (Lipinski definition) is 6. The Labute approximate surface area is 155 Å². The van der Waals surface area contributed by atoms with Crippen LogP contribution >= 0.6 is 0 Å². The summed E-state index contributed by atoms with van der Waals surface area (Å²) in [5.41, 5.74) is 2.31. The zero-order valence-electron chi connectivity index (χ0n) is 15.4. The largest absolute Gasteiger partial charge is 0.375 e. The van der Waals surface area contributed by atoms with Crippen molar-refractivity contribution in [3.63, 3.8) is 0 Å². The lowest BCUT2D eigenvalue weighted by Gasteiger charge is -2.37. The first-order chi connectivity index (χ1) is 12.8. The molecule has 6 nitrogen and oxygen atoms in total. The molecule has 2 aliphatic heterocycles. The van der Waals surface area contributed by atoms with E-state index in [0.29, 0.717) is 5.92 Å². The van der Waals surface area contributed by atoms with Gasteiger partial charge in [0.05, 0.1) is 18.4 Å². The highest BCUT2D eigenvalue weighted by atomic mass is 16.5. The van der Waals surface area contributed by atoms with Crippen molar-refractivity contribution in [2.75, 3.05) is 37.7 Å². The zero-order valence-corrected chi connectivity index (χ0v) is 15.4. The topological polar surface area (TPSA) is 54.4 Å². The molecule has 0 aliphatic carbocycles. The third-order valence-electron chi connectivity index (χ3n) is 5.42. The zero-order chi connectivity index (χ0) is 17.8. The van der Waals surface area contributed by atoms with Crippen LogP contribution in [0.1, 0.15) is 24.6 Å². The SMILES string of the molecule is CCc1cnc(N2CCOC3CN(Cc4ccccn4)CCC3C2)nc1. The van der Waals surface area contributed by atoms with E-state index in [4.69, 9.17) is 4.74 Å². The van der Waals surface area contributed by atoms with Gasteiger partial charge < -0.3 is 9.64 Å². The second kappa shape index (κ2) is 8.10. The Hall–Kier alpha value is -2.05. The molecule has 0 N–H and O–H groups in total. The number of pyridine rings is 1. The maximum atomic E-state index is 6.21. The molecule has 6 heteroatoms. The van der Waals surface area contributed by atoms with Crippen molar-refractivity contribution in [1.82, 2.24) is 19.9 Å². The Morgan fingerprint density at radius 2 is 2.00 bits per heavy atom. The van der Waals surface area contributed by atoms with Crippen LogP contribution in [0.5, 0.6) is 0 Å². The lowest BCUT2D eigenvalue weighted by Crippen LogP contribution is -2.46. The van der Waals surface area contributed by atoms with E-state index in [-0.39, 0.29) is 6.10 Å². The number of hydrogen-bond donors (Lipinski definition) is 0. The van der Waals surface area contributed by atoms with Gasteiger partial charge in [0.15, 0.2) is 0 Å². The summed E-state index contributed by atoms with van der Waals surface area (Å²) >= 11 is 0. The number of ether oxygens (including phenoxy) is 1. The standard InChI is InChI=1S/C20H27N5O/c1-2-16-11-22-20(23-12-16)25-9-10-26-19-15-24(8-6-17(19)13-25)14-18-5-3-4-7-21-18/h3-5,7,11-12,17,19H,2,6,8-10,13-15H2,1H3. The lowest BCUT2D eigenvalue weighted by molar-refractivity contribution is -0.0242. The molecule has 138 valence electrons. The minimum absolute atomic E-state index is 0.285. The van der Waals surface area contributed by atoms with E-state index < -0.39 is 0 Å². The Balaban J connectivity index is 1.38. The first kappa shape index (κ1) is 17.4. The molecular weight excluding hydrogens is 326 g/mol. The first-order valence-electron chi connectivity index (χ1n) is 9.61. The highest BCUT2D eigenvalue weighted by Crippen LogP contribution is 2.26. The number of anilines is 1. The van der Waals surface area contributed by atoms with Gasteiger partial charge in [-0.15, -0.1) is 0 Å². The van der Waals surface area contributed by atoms with Crippen LogP contribution in [0, 0.1) is 5.92 Å². The van der Waals surface area contributed by atoms with Gasteiger partial charge in [0, 0.05) is 50.7 Å². The van der Waals surface area contributed by atoms with Gasteiger partial charge in [0.25, 0.3) is 0 Å². The van der Waals surface area contributed by atoms with Crippen LogP contribution in [-0.2, 0) is 17.7 Å². The van der Waals surface area contributed by atoms with Gasteiger partial charge in [-0.05, 0) is 37.1 Å². The van der Waals surface area contributed by atoms with Gasteiger partial charge in [0.2, 0.25) is 5.95 Å². The molecule has 2 aliphatic rings. The van der Waals surface area contributed by atoms with Gasteiger partial charge >= 0.3 is 0 Å². The second-order valence-electron chi connectivity index (χ2n) is 7.21. The minimum atomic E-state index is 0.285. The van der Waals surface area contributed by atoms with Crippen molar-refractivity contribution in [2.24, 2.45) is 5.92 Å². The van der Waals surface area contributed by atoms with Crippen LogP contribution in [-0.4, -0.2) is 58.7 Å². The van der Waals surface area contributed by atoms with E-state index in [9.17, 15) is 0 Å². The van der Waals surface area contributed by atoms with Crippen molar-refractivity contribution in [1.29, 1.82) is 0 Å². The Morgan fingerprint density at radius 1 is 1.12 bits per heavy atom. The fourth-order valence-electron chi connectivity index (χ4n) is 3.86. The Bertz CT molecular complexity index is 693. The van der Waals surface area contributed by atoms with Crippen LogP contribution in [0.15, 0.2) is 36.8 Å². The predicted molar refractivity (Wildman–Crippen MR) is 101 cm³/mol. The van der Waals surface area contributed by atoms with E-state index in [2.05, 4.69) is 43.8 Å². The molecule has 2 aromatic heterocycles. The summed E-state index contributed by atoms with van der Waals surface area (Å²) in [6, 6.07) is 6.12. The number of piperidine rings is 1. The van der Waals surface area contributed by atoms with Crippen LogP contribution in [0.4, 0.5) is 5.95 Å². The smallest absolute Gasteiger partial charge is 0.225 e. The predicted octanol–water partition coefficient (Wildman–Crippen LogP) is 2.16. The fraction of sp³-hybridized carbons (Fsp3) is 0.550. The lowest BCUT2D eigenvalue weighted by atomic mass is 9.93. The highest BCUT2D eigenvalue weighted by Gasteiger charge is 2.34. The molecule has 2 fully saturated rings. The maximum absolute atomic E-state index is 6.21. The Kier molecular flexibility index (Phi) is 5.41. The van der Waals surface area contributed by atoms with Crippen LogP contribution in [0.3, 0.4) is 0 Å². The molecule has 4 heterocycles. The molecule has 2 unspecified atom stereocenters. The summed E-state index contributed by atoms with van der Waals surface area (Å²) in [7, 11) is 0. The number of aromatic nitrogens is 3. The van der Waals surface area contributed by atoms with Crippen molar-refractivity contribution in [3.8, 4) is 0 Å². The van der Waals surface area contributed by atoms with E-state index >= 15 is 0 Å². The average Bonchev–Trinajstić information content (AvgIpc) is 2.91. The van der Waals surface area contributed by atoms with E-state index in [1.54, 1.807) is 0 Å². The number of nitrogens with zero attached hydrogens (tertiary/aromatic N) is 5. The minimum Gasteiger partial charge on any atom is -0.375 e. The molecule has 4 rings (SSSR count). The van der Waals surface area contributed by atoms with Gasteiger partial charge in [-0.25, -0.2) is 9.97 Å². The van der Waals surface area contributed by atoms with Crippen molar-refractivity contribution in [2.45, 2.75) is 32.4 Å². The van der Waals surface area contributed by atoms with E-state index in [1.165, 1.54) is 5.56 Å². The maximum Gasteiger partial charge on any atom is 0.225 e. The molecule has 2 saturated heterocycles. The first-order valence-corrected chi connectivity index (χ1v) is 9.61. The van der Waals surface area contributed by atoms with E-state index in [0.717, 1.165) is 63.8 Å². The molecule has 0 saturated carbocycles. The molecule has 0 spiro atoms. The summed E-state index contributed by atoms with van der Waals surface area (Å²) in [5, 5.41) is 0. The summed E-state index contributed by atoms with van der Waals surface area (Å²) in [4.78, 5) is 18.3. The van der Waals surface area contributed by atoms with Crippen molar-refractivity contribution >= 4 is 5.95 Å². The molecule has 26 heavy (non-hydrogen) atoms. The fourth-order valence-corrected chi connectivity index (χ4v) is 3.86. The third kappa shape index (κ3) is 4.02. The molecule has 2 atom stereocenters. The number of aryl methyl sites for hydroxylation is 1. The second-order valence-corrected chi connectivity index (χ2v) is 7.21.